The molecular formula is C22H20ClN3O2. The average Bonchev–Trinajstić information content (AvgIpc) is 2.70. The van der Waals surface area contributed by atoms with Gasteiger partial charge in [0.15, 0.2) is 5.78 Å². The van der Waals surface area contributed by atoms with Gasteiger partial charge in [-0.2, -0.15) is 0 Å². The van der Waals surface area contributed by atoms with Crippen molar-refractivity contribution in [2.45, 2.75) is 13.3 Å². The van der Waals surface area contributed by atoms with Crippen molar-refractivity contribution < 1.29 is 9.59 Å². The van der Waals surface area contributed by atoms with Crippen LogP contribution in [0.3, 0.4) is 0 Å². The molecule has 0 atom stereocenters. The van der Waals surface area contributed by atoms with Gasteiger partial charge >= 0.3 is 0 Å². The molecule has 0 fully saturated rings. The Bertz CT molecular complexity index is 987. The van der Waals surface area contributed by atoms with E-state index in [1.54, 1.807) is 42.6 Å². The second-order valence-corrected chi connectivity index (χ2v) is 6.76. The summed E-state index contributed by atoms with van der Waals surface area (Å²) >= 11 is 5.89. The van der Waals surface area contributed by atoms with Gasteiger partial charge in [-0.25, -0.2) is 4.98 Å². The summed E-state index contributed by atoms with van der Waals surface area (Å²) in [5.41, 5.74) is 2.78. The second kappa shape index (κ2) is 9.15. The van der Waals surface area contributed by atoms with Crippen molar-refractivity contribution in [1.29, 1.82) is 0 Å². The van der Waals surface area contributed by atoms with Gasteiger partial charge in [-0.1, -0.05) is 35.9 Å². The van der Waals surface area contributed by atoms with Gasteiger partial charge in [0.25, 0.3) is 5.91 Å². The molecule has 1 heterocycles. The normalized spacial score (nSPS) is 10.4. The lowest BCUT2D eigenvalue weighted by molar-refractivity contribution is 0.101. The number of hydrogen-bond donors (Lipinski definition) is 2. The number of carbonyl (C=O) groups is 2. The summed E-state index contributed by atoms with van der Waals surface area (Å²) in [5, 5.41) is 6.74. The molecule has 5 nitrogen and oxygen atoms in total. The number of ketones is 1. The molecule has 2 aromatic carbocycles. The van der Waals surface area contributed by atoms with Crippen molar-refractivity contribution >= 4 is 34.8 Å². The summed E-state index contributed by atoms with van der Waals surface area (Å²) in [6.45, 7) is 2.17. The highest BCUT2D eigenvalue weighted by Crippen LogP contribution is 2.15. The minimum Gasteiger partial charge on any atom is -0.370 e. The number of Topliss-reactive ketones (excluding diaryl/α,β-unsaturated/α-hetero) is 1. The molecule has 1 amide bonds. The fourth-order valence-electron chi connectivity index (χ4n) is 2.67. The highest BCUT2D eigenvalue weighted by molar-refractivity contribution is 6.30. The van der Waals surface area contributed by atoms with Crippen molar-refractivity contribution in [2.24, 2.45) is 0 Å². The van der Waals surface area contributed by atoms with Crippen molar-refractivity contribution in [2.75, 3.05) is 17.2 Å². The third-order valence-electron chi connectivity index (χ3n) is 4.18. The van der Waals surface area contributed by atoms with E-state index in [1.165, 1.54) is 6.92 Å². The van der Waals surface area contributed by atoms with Crippen LogP contribution in [0.1, 0.15) is 33.2 Å². The maximum absolute atomic E-state index is 12.5. The van der Waals surface area contributed by atoms with Gasteiger partial charge in [-0.3, -0.25) is 9.59 Å². The van der Waals surface area contributed by atoms with Crippen LogP contribution in [0.25, 0.3) is 0 Å². The molecule has 0 saturated heterocycles. The fraction of sp³-hybridized carbons (Fsp3) is 0.136. The first-order valence-electron chi connectivity index (χ1n) is 8.88. The van der Waals surface area contributed by atoms with Crippen LogP contribution in [0.4, 0.5) is 11.5 Å². The zero-order chi connectivity index (χ0) is 19.9. The van der Waals surface area contributed by atoms with Crippen LogP contribution >= 0.6 is 11.6 Å². The molecule has 0 aliphatic rings. The van der Waals surface area contributed by atoms with Gasteiger partial charge < -0.3 is 10.6 Å². The maximum atomic E-state index is 12.5. The molecule has 0 bridgehead atoms. The van der Waals surface area contributed by atoms with E-state index >= 15 is 0 Å². The molecular weight excluding hydrogens is 374 g/mol. The summed E-state index contributed by atoms with van der Waals surface area (Å²) in [4.78, 5) is 28.2. The Kier molecular flexibility index (Phi) is 6.40. The average molecular weight is 394 g/mol. The third kappa shape index (κ3) is 5.41. The number of aromatic nitrogens is 1. The number of benzene rings is 2. The quantitative estimate of drug-likeness (QED) is 0.563. The first-order valence-corrected chi connectivity index (χ1v) is 9.26. The molecule has 0 unspecified atom stereocenters. The molecule has 0 aliphatic heterocycles. The summed E-state index contributed by atoms with van der Waals surface area (Å²) in [7, 11) is 0. The number of hydrogen-bond acceptors (Lipinski definition) is 4. The highest BCUT2D eigenvalue weighted by atomic mass is 35.5. The van der Waals surface area contributed by atoms with E-state index in [-0.39, 0.29) is 11.7 Å². The Balaban J connectivity index is 1.60. The van der Waals surface area contributed by atoms with E-state index in [4.69, 9.17) is 11.6 Å². The Morgan fingerprint density at radius 1 is 1.00 bits per heavy atom. The SMILES string of the molecule is CC(=O)c1cccc(NC(=O)c2ccnc(NCCc3ccc(Cl)cc3)c2)c1. The molecule has 0 saturated carbocycles. The van der Waals surface area contributed by atoms with E-state index < -0.39 is 0 Å². The number of anilines is 2. The minimum atomic E-state index is -0.260. The topological polar surface area (TPSA) is 71.1 Å². The van der Waals surface area contributed by atoms with E-state index in [1.807, 2.05) is 24.3 Å². The zero-order valence-electron chi connectivity index (χ0n) is 15.4. The van der Waals surface area contributed by atoms with Crippen LogP contribution in [0.2, 0.25) is 5.02 Å². The van der Waals surface area contributed by atoms with Crippen LogP contribution < -0.4 is 10.6 Å². The highest BCUT2D eigenvalue weighted by Gasteiger charge is 2.09. The molecule has 2 N–H and O–H groups in total. The molecule has 1 aromatic heterocycles. The minimum absolute atomic E-state index is 0.0489. The van der Waals surface area contributed by atoms with Crippen LogP contribution in [0, 0.1) is 0 Å². The monoisotopic (exact) mass is 393 g/mol. The molecule has 142 valence electrons. The largest absolute Gasteiger partial charge is 0.370 e. The lowest BCUT2D eigenvalue weighted by atomic mass is 10.1. The first kappa shape index (κ1) is 19.6. The third-order valence-corrected chi connectivity index (χ3v) is 4.43. The zero-order valence-corrected chi connectivity index (χ0v) is 16.2. The number of carbonyl (C=O) groups excluding carboxylic acids is 2. The molecule has 3 aromatic rings. The van der Waals surface area contributed by atoms with Gasteiger partial charge in [0.2, 0.25) is 0 Å². The van der Waals surface area contributed by atoms with Gasteiger partial charge in [0, 0.05) is 34.6 Å². The number of amides is 1. The van der Waals surface area contributed by atoms with Crippen molar-refractivity contribution in [3.63, 3.8) is 0 Å². The number of pyridine rings is 1. The molecule has 28 heavy (non-hydrogen) atoms. The molecule has 6 heteroatoms. The van der Waals surface area contributed by atoms with E-state index in [0.717, 1.165) is 12.0 Å². The smallest absolute Gasteiger partial charge is 0.255 e. The predicted molar refractivity (Wildman–Crippen MR) is 112 cm³/mol. The summed E-state index contributed by atoms with van der Waals surface area (Å²) in [6, 6.07) is 17.9. The lowest BCUT2D eigenvalue weighted by Gasteiger charge is -2.09. The second-order valence-electron chi connectivity index (χ2n) is 6.32. The van der Waals surface area contributed by atoms with E-state index in [0.29, 0.717) is 34.2 Å². The van der Waals surface area contributed by atoms with Gasteiger partial charge in [-0.05, 0) is 55.3 Å². The molecule has 0 spiro atoms. The van der Waals surface area contributed by atoms with Gasteiger partial charge in [0.05, 0.1) is 0 Å². The molecule has 0 radical (unpaired) electrons. The molecule has 3 rings (SSSR count). The number of halogens is 1. The summed E-state index contributed by atoms with van der Waals surface area (Å²) < 4.78 is 0. The van der Waals surface area contributed by atoms with Gasteiger partial charge in [0.1, 0.15) is 5.82 Å². The van der Waals surface area contributed by atoms with Crippen LogP contribution in [-0.4, -0.2) is 23.2 Å². The van der Waals surface area contributed by atoms with Crippen LogP contribution in [-0.2, 0) is 6.42 Å². The van der Waals surface area contributed by atoms with Crippen LogP contribution in [0.5, 0.6) is 0 Å². The van der Waals surface area contributed by atoms with Crippen LogP contribution in [0.15, 0.2) is 66.9 Å². The van der Waals surface area contributed by atoms with E-state index in [9.17, 15) is 9.59 Å². The Labute approximate surface area is 168 Å². The molecule has 0 aliphatic carbocycles. The first-order chi connectivity index (χ1) is 13.5. The lowest BCUT2D eigenvalue weighted by Crippen LogP contribution is -2.13. The standard InChI is InChI=1S/C22H20ClN3O2/c1-15(27)17-3-2-4-20(13-17)26-22(28)18-10-12-25-21(14-18)24-11-9-16-5-7-19(23)8-6-16/h2-8,10,12-14H,9,11H2,1H3,(H,24,25)(H,26,28). The number of nitrogens with zero attached hydrogens (tertiary/aromatic N) is 1. The fourth-order valence-corrected chi connectivity index (χ4v) is 2.80. The summed E-state index contributed by atoms with van der Waals surface area (Å²) in [6.07, 6.45) is 2.40. The predicted octanol–water partition coefficient (Wildman–Crippen LogP) is 4.84. The maximum Gasteiger partial charge on any atom is 0.255 e. The Hall–Kier alpha value is -3.18. The number of nitrogens with one attached hydrogen (secondary N) is 2. The van der Waals surface area contributed by atoms with Gasteiger partial charge in [-0.15, -0.1) is 0 Å². The van der Waals surface area contributed by atoms with Crippen molar-refractivity contribution in [3.8, 4) is 0 Å². The number of rotatable bonds is 7. The Morgan fingerprint density at radius 3 is 2.54 bits per heavy atom. The Morgan fingerprint density at radius 2 is 1.79 bits per heavy atom. The van der Waals surface area contributed by atoms with Crippen molar-refractivity contribution in [3.05, 3.63) is 88.6 Å². The van der Waals surface area contributed by atoms with Crippen molar-refractivity contribution in [1.82, 2.24) is 4.98 Å². The summed E-state index contributed by atoms with van der Waals surface area (Å²) in [5.74, 6) is 0.315. The van der Waals surface area contributed by atoms with E-state index in [2.05, 4.69) is 15.6 Å².